The largest absolute Gasteiger partial charge is 0.507 e. The van der Waals surface area contributed by atoms with Crippen molar-refractivity contribution in [1.29, 1.82) is 0 Å². The molecule has 0 amide bonds. The maximum atomic E-state index is 11.0. The van der Waals surface area contributed by atoms with Gasteiger partial charge in [0.2, 0.25) is 0 Å². The Morgan fingerprint density at radius 1 is 0.667 bits per heavy atom. The topological polar surface area (TPSA) is 64.1 Å². The molecule has 0 aliphatic heterocycles. The number of imidazole rings is 1. The number of phenols is 1. The molecule has 0 spiro atoms. The Labute approximate surface area is 310 Å². The van der Waals surface area contributed by atoms with Gasteiger partial charge in [-0.1, -0.05) is 116 Å². The van der Waals surface area contributed by atoms with E-state index in [4.69, 9.17) is 14.4 Å². The molecule has 0 saturated heterocycles. The molecule has 9 rings (SSSR count). The van der Waals surface area contributed by atoms with Gasteiger partial charge in [0.25, 0.3) is 0 Å². The summed E-state index contributed by atoms with van der Waals surface area (Å²) < 4.78 is 8.39. The van der Waals surface area contributed by atoms with E-state index in [0.29, 0.717) is 11.4 Å². The normalized spacial score (nSPS) is 11.6. The smallest absolute Gasteiger partial charge is 0.148 e. The van der Waals surface area contributed by atoms with Gasteiger partial charge in [-0.05, 0) is 48.0 Å². The van der Waals surface area contributed by atoms with Crippen molar-refractivity contribution in [2.45, 2.75) is 19.3 Å². The van der Waals surface area contributed by atoms with Crippen LogP contribution in [0.25, 0.3) is 72.4 Å². The first-order chi connectivity index (χ1) is 24.5. The van der Waals surface area contributed by atoms with Crippen LogP contribution in [0.15, 0.2) is 156 Å². The van der Waals surface area contributed by atoms with Gasteiger partial charge in [0, 0.05) is 54.8 Å². The molecule has 51 heavy (non-hydrogen) atoms. The van der Waals surface area contributed by atoms with E-state index in [9.17, 15) is 5.11 Å². The van der Waals surface area contributed by atoms with Crippen molar-refractivity contribution in [3.8, 4) is 45.2 Å². The van der Waals surface area contributed by atoms with Crippen molar-refractivity contribution < 1.29 is 30.6 Å². The fourth-order valence-corrected chi connectivity index (χ4v) is 7.10. The van der Waals surface area contributed by atoms with Crippen LogP contribution >= 0.6 is 0 Å². The van der Waals surface area contributed by atoms with Crippen LogP contribution in [0.4, 0.5) is 0 Å². The van der Waals surface area contributed by atoms with Crippen molar-refractivity contribution in [3.05, 3.63) is 169 Å². The first-order valence-electron chi connectivity index (χ1n) is 16.7. The Morgan fingerprint density at radius 2 is 1.35 bits per heavy atom. The number of para-hydroxylation sites is 4. The van der Waals surface area contributed by atoms with E-state index in [1.165, 1.54) is 5.56 Å². The molecule has 0 unspecified atom stereocenters. The van der Waals surface area contributed by atoms with Gasteiger partial charge in [-0.2, -0.15) is 0 Å². The number of aromatic nitrogens is 3. The molecule has 250 valence electrons. The minimum Gasteiger partial charge on any atom is -0.507 e. The molecule has 0 bridgehead atoms. The van der Waals surface area contributed by atoms with Crippen LogP contribution in [0.3, 0.4) is 0 Å². The number of phenolic OH excluding ortho intramolecular Hbond substituents is 1. The van der Waals surface area contributed by atoms with E-state index in [1.807, 2.05) is 66.9 Å². The van der Waals surface area contributed by atoms with Crippen LogP contribution in [0.5, 0.6) is 5.75 Å². The summed E-state index contributed by atoms with van der Waals surface area (Å²) in [6, 6.07) is 52.6. The van der Waals surface area contributed by atoms with E-state index in [2.05, 4.69) is 103 Å². The predicted molar refractivity (Wildman–Crippen MR) is 202 cm³/mol. The Hall–Kier alpha value is -5.77. The molecule has 0 fully saturated rings. The zero-order valence-electron chi connectivity index (χ0n) is 27.9. The minimum atomic E-state index is -0.343. The first kappa shape index (κ1) is 32.4. The molecule has 6 heteroatoms. The second-order valence-corrected chi connectivity index (χ2v) is 13.1. The number of fused-ring (bicyclic) bond motifs is 4. The van der Waals surface area contributed by atoms with Crippen LogP contribution in [-0.4, -0.2) is 19.6 Å². The zero-order chi connectivity index (χ0) is 33.8. The summed E-state index contributed by atoms with van der Waals surface area (Å²) in [4.78, 5) is 10.2. The van der Waals surface area contributed by atoms with Gasteiger partial charge in [-0.25, -0.2) is 4.98 Å². The number of pyridine rings is 1. The Morgan fingerprint density at radius 3 is 2.16 bits per heavy atom. The number of rotatable bonds is 6. The van der Waals surface area contributed by atoms with Crippen molar-refractivity contribution in [2.24, 2.45) is 0 Å². The fraction of sp³-hybridized carbons (Fsp3) is 0.0667. The maximum absolute atomic E-state index is 11.0. The molecule has 3 aromatic heterocycles. The van der Waals surface area contributed by atoms with Crippen molar-refractivity contribution in [2.75, 3.05) is 0 Å². The average molecular weight is 842 g/mol. The SMILES string of the molecule is CC(C)(c1ccccc1)c1cc(-c2cccc3c2nc(-c2ccccc2O)n3-c2ccccc2)[c-]c(-c2nccc3oc4ccccc4c23)c1.[Pt]. The van der Waals surface area contributed by atoms with Crippen LogP contribution in [-0.2, 0) is 26.5 Å². The van der Waals surface area contributed by atoms with Crippen LogP contribution in [0, 0.1) is 6.07 Å². The summed E-state index contributed by atoms with van der Waals surface area (Å²) in [5, 5.41) is 13.0. The summed E-state index contributed by atoms with van der Waals surface area (Å²) in [6.45, 7) is 4.51. The van der Waals surface area contributed by atoms with Crippen molar-refractivity contribution in [1.82, 2.24) is 14.5 Å². The van der Waals surface area contributed by atoms with E-state index in [-0.39, 0.29) is 32.2 Å². The van der Waals surface area contributed by atoms with Crippen molar-refractivity contribution in [3.63, 3.8) is 0 Å². The third-order valence-corrected chi connectivity index (χ3v) is 9.77. The Balaban J connectivity index is 0.00000374. The second-order valence-electron chi connectivity index (χ2n) is 13.1. The third-order valence-electron chi connectivity index (χ3n) is 9.77. The number of nitrogens with zero attached hydrogens (tertiary/aromatic N) is 3. The molecule has 6 aromatic carbocycles. The fourth-order valence-electron chi connectivity index (χ4n) is 7.10. The van der Waals surface area contributed by atoms with E-state index in [1.54, 1.807) is 6.07 Å². The Bertz CT molecular complexity index is 2700. The summed E-state index contributed by atoms with van der Waals surface area (Å²) in [6.07, 6.45) is 1.81. The van der Waals surface area contributed by atoms with Gasteiger partial charge in [-0.3, -0.25) is 9.55 Å². The summed E-state index contributed by atoms with van der Waals surface area (Å²) >= 11 is 0. The van der Waals surface area contributed by atoms with Gasteiger partial charge in [-0.15, -0.1) is 29.3 Å². The van der Waals surface area contributed by atoms with Gasteiger partial charge >= 0.3 is 0 Å². The number of aromatic hydroxyl groups is 1. The van der Waals surface area contributed by atoms with Gasteiger partial charge in [0.1, 0.15) is 22.7 Å². The average Bonchev–Trinajstić information content (AvgIpc) is 3.74. The summed E-state index contributed by atoms with van der Waals surface area (Å²) in [7, 11) is 0. The molecule has 9 aromatic rings. The van der Waals surface area contributed by atoms with Gasteiger partial charge in [0.15, 0.2) is 0 Å². The number of benzene rings is 6. The number of furan rings is 1. The maximum Gasteiger partial charge on any atom is 0.148 e. The van der Waals surface area contributed by atoms with Crippen LogP contribution < -0.4 is 0 Å². The Kier molecular flexibility index (Phi) is 8.17. The molecule has 5 nitrogen and oxygen atoms in total. The monoisotopic (exact) mass is 841 g/mol. The molecule has 0 radical (unpaired) electrons. The molecule has 0 aliphatic rings. The van der Waals surface area contributed by atoms with Crippen molar-refractivity contribution >= 4 is 33.0 Å². The van der Waals surface area contributed by atoms with E-state index in [0.717, 1.165) is 66.6 Å². The number of hydrogen-bond acceptors (Lipinski definition) is 4. The first-order valence-corrected chi connectivity index (χ1v) is 16.7. The quantitative estimate of drug-likeness (QED) is 0.169. The van der Waals surface area contributed by atoms with Gasteiger partial charge < -0.3 is 9.52 Å². The summed E-state index contributed by atoms with van der Waals surface area (Å²) in [5.41, 5.74) is 10.5. The zero-order valence-corrected chi connectivity index (χ0v) is 30.2. The molecule has 0 aliphatic carbocycles. The molecule has 0 saturated carbocycles. The van der Waals surface area contributed by atoms with Crippen LogP contribution in [0.1, 0.15) is 25.0 Å². The standard InChI is InChI=1S/C45H32N3O2.Pt/c1-45(2,31-14-5-3-6-15-31)32-27-29(26-30(28-32)42-41-36-19-10-12-23-39(36)50-40(41)24-25-46-42)34-20-13-21-37-43(34)47-44(35-18-9-11-22-38(35)49)48(37)33-16-7-4-8-17-33;/h3-25,27-28,49H,1-2H3;/q-1;. The number of hydrogen-bond donors (Lipinski definition) is 1. The molecule has 3 heterocycles. The third kappa shape index (κ3) is 5.46. The van der Waals surface area contributed by atoms with E-state index < -0.39 is 0 Å². The second kappa shape index (κ2) is 12.8. The molecule has 0 atom stereocenters. The minimum absolute atomic E-state index is 0. The summed E-state index contributed by atoms with van der Waals surface area (Å²) in [5.74, 6) is 0.836. The van der Waals surface area contributed by atoms with Gasteiger partial charge in [0.05, 0.1) is 16.6 Å². The van der Waals surface area contributed by atoms with Crippen LogP contribution in [0.2, 0.25) is 0 Å². The molecular formula is C45H32N3O2Pt-. The van der Waals surface area contributed by atoms with E-state index >= 15 is 0 Å². The predicted octanol–water partition coefficient (Wildman–Crippen LogP) is 11.2. The molecular weight excluding hydrogens is 810 g/mol. The molecule has 1 N–H and O–H groups in total.